The molecule has 0 bridgehead atoms. The maximum absolute atomic E-state index is 12.4. The molecule has 0 aliphatic carbocycles. The Kier molecular flexibility index (Phi) is 5.40. The van der Waals surface area contributed by atoms with Crippen molar-refractivity contribution in [2.45, 2.75) is 19.1 Å². The third kappa shape index (κ3) is 4.21. The van der Waals surface area contributed by atoms with Gasteiger partial charge in [-0.3, -0.25) is 14.5 Å². The fourth-order valence-corrected chi connectivity index (χ4v) is 3.10. The smallest absolute Gasteiger partial charge is 0.237 e. The third-order valence-electron chi connectivity index (χ3n) is 4.21. The van der Waals surface area contributed by atoms with Gasteiger partial charge in [0.25, 0.3) is 0 Å². The molecule has 8 heteroatoms. The van der Waals surface area contributed by atoms with Crippen LogP contribution in [-0.2, 0) is 29.7 Å². The number of likely N-dealkylation sites (N-methyl/N-ethyl adjacent to an activating group) is 1. The maximum Gasteiger partial charge on any atom is 0.237 e. The Morgan fingerprint density at radius 3 is 2.96 bits per heavy atom. The highest BCUT2D eigenvalue weighted by atomic mass is 16.5. The van der Waals surface area contributed by atoms with Crippen LogP contribution in [0.15, 0.2) is 24.4 Å². The predicted octanol–water partition coefficient (Wildman–Crippen LogP) is 0.414. The lowest BCUT2D eigenvalue weighted by Gasteiger charge is -2.32. The molecular formula is C17H24N6O2. The van der Waals surface area contributed by atoms with Crippen molar-refractivity contribution in [3.8, 4) is 0 Å². The largest absolute Gasteiger partial charge is 0.374 e. The van der Waals surface area contributed by atoms with Crippen molar-refractivity contribution in [2.24, 2.45) is 7.05 Å². The van der Waals surface area contributed by atoms with Gasteiger partial charge in [-0.15, -0.1) is 5.10 Å². The van der Waals surface area contributed by atoms with E-state index in [1.807, 2.05) is 49.1 Å². The minimum absolute atomic E-state index is 0.0542. The Balaban J connectivity index is 1.68. The number of nitrogens with zero attached hydrogens (tertiary/aromatic N) is 6. The van der Waals surface area contributed by atoms with Crippen molar-refractivity contribution in [2.75, 3.05) is 33.8 Å². The van der Waals surface area contributed by atoms with Crippen molar-refractivity contribution in [3.05, 3.63) is 41.5 Å². The van der Waals surface area contributed by atoms with E-state index in [4.69, 9.17) is 4.74 Å². The number of hydrogen-bond donors (Lipinski definition) is 0. The van der Waals surface area contributed by atoms with Gasteiger partial charge in [0.15, 0.2) is 0 Å². The molecule has 134 valence electrons. The minimum Gasteiger partial charge on any atom is -0.374 e. The van der Waals surface area contributed by atoms with Crippen LogP contribution in [0.2, 0.25) is 0 Å². The quantitative estimate of drug-likeness (QED) is 0.756. The fraction of sp³-hybridized carbons (Fsp3) is 0.529. The van der Waals surface area contributed by atoms with E-state index in [9.17, 15) is 4.79 Å². The summed E-state index contributed by atoms with van der Waals surface area (Å²) in [7, 11) is 5.67. The predicted molar refractivity (Wildman–Crippen MR) is 91.6 cm³/mol. The molecule has 2 aromatic rings. The van der Waals surface area contributed by atoms with E-state index in [0.717, 1.165) is 17.1 Å². The number of rotatable bonds is 6. The van der Waals surface area contributed by atoms with Gasteiger partial charge in [-0.2, -0.15) is 0 Å². The molecule has 2 aromatic heterocycles. The minimum atomic E-state index is 0.0542. The van der Waals surface area contributed by atoms with Gasteiger partial charge in [0, 0.05) is 25.7 Å². The summed E-state index contributed by atoms with van der Waals surface area (Å²) in [6.45, 7) is 2.45. The van der Waals surface area contributed by atoms with Gasteiger partial charge in [-0.05, 0) is 26.2 Å². The first-order chi connectivity index (χ1) is 12.0. The van der Waals surface area contributed by atoms with Crippen LogP contribution in [0, 0.1) is 0 Å². The molecule has 0 N–H and O–H groups in total. The van der Waals surface area contributed by atoms with Crippen LogP contribution in [0.4, 0.5) is 0 Å². The Hall–Kier alpha value is -2.32. The van der Waals surface area contributed by atoms with E-state index in [-0.39, 0.29) is 11.8 Å². The molecule has 0 unspecified atom stereocenters. The van der Waals surface area contributed by atoms with Crippen LogP contribution in [-0.4, -0.2) is 69.5 Å². The molecule has 1 aliphatic heterocycles. The summed E-state index contributed by atoms with van der Waals surface area (Å²) in [6.07, 6.45) is 1.75. The van der Waals surface area contributed by atoms with Crippen molar-refractivity contribution >= 4 is 5.91 Å². The molecule has 0 saturated heterocycles. The first-order valence-electron chi connectivity index (χ1n) is 8.33. The van der Waals surface area contributed by atoms with Crippen molar-refractivity contribution in [3.63, 3.8) is 0 Å². The van der Waals surface area contributed by atoms with E-state index < -0.39 is 0 Å². The van der Waals surface area contributed by atoms with Gasteiger partial charge in [0.05, 0.1) is 37.7 Å². The van der Waals surface area contributed by atoms with Crippen LogP contribution < -0.4 is 0 Å². The lowest BCUT2D eigenvalue weighted by Crippen LogP contribution is -2.43. The second-order valence-corrected chi connectivity index (χ2v) is 6.59. The average Bonchev–Trinajstić information content (AvgIpc) is 2.96. The van der Waals surface area contributed by atoms with Crippen molar-refractivity contribution in [1.82, 2.24) is 29.8 Å². The molecule has 1 atom stereocenters. The van der Waals surface area contributed by atoms with Crippen molar-refractivity contribution in [1.29, 1.82) is 0 Å². The summed E-state index contributed by atoms with van der Waals surface area (Å²) in [5.41, 5.74) is 2.80. The second-order valence-electron chi connectivity index (χ2n) is 6.59. The van der Waals surface area contributed by atoms with Gasteiger partial charge < -0.3 is 14.5 Å². The van der Waals surface area contributed by atoms with Crippen LogP contribution in [0.25, 0.3) is 0 Å². The van der Waals surface area contributed by atoms with E-state index in [1.165, 1.54) is 0 Å². The normalized spacial score (nSPS) is 17.0. The lowest BCUT2D eigenvalue weighted by molar-refractivity contribution is -0.133. The Morgan fingerprint density at radius 1 is 1.40 bits per heavy atom. The van der Waals surface area contributed by atoms with Crippen LogP contribution in [0.3, 0.4) is 0 Å². The zero-order chi connectivity index (χ0) is 17.8. The van der Waals surface area contributed by atoms with Crippen LogP contribution >= 0.6 is 0 Å². The highest BCUT2D eigenvalue weighted by Crippen LogP contribution is 2.27. The number of carbonyl (C=O) groups excluding carboxylic acids is 1. The number of amides is 1. The number of aromatic nitrogens is 4. The average molecular weight is 344 g/mol. The zero-order valence-electron chi connectivity index (χ0n) is 14.9. The molecule has 8 nitrogen and oxygen atoms in total. The molecule has 1 amide bonds. The molecule has 0 fully saturated rings. The SMILES string of the molecule is CN(C)CC(=O)N1Cc2nnn(C)c2[C@H](COCc2ccccn2)C1. The molecule has 0 aromatic carbocycles. The standard InChI is InChI=1S/C17H24N6O2/c1-21(2)10-16(24)23-8-13(17-15(9-23)19-20-22(17)3)11-25-12-14-6-4-5-7-18-14/h4-7,13H,8-12H2,1-3H3/t13-/m0/s1. The van der Waals surface area contributed by atoms with E-state index >= 15 is 0 Å². The number of fused-ring (bicyclic) bond motifs is 1. The highest BCUT2D eigenvalue weighted by Gasteiger charge is 2.32. The lowest BCUT2D eigenvalue weighted by atomic mass is 9.99. The molecule has 0 spiro atoms. The first kappa shape index (κ1) is 17.5. The topological polar surface area (TPSA) is 76.4 Å². The monoisotopic (exact) mass is 344 g/mol. The Bertz CT molecular complexity index is 715. The van der Waals surface area contributed by atoms with Gasteiger partial charge in [0.2, 0.25) is 5.91 Å². The molecule has 25 heavy (non-hydrogen) atoms. The van der Waals surface area contributed by atoms with Gasteiger partial charge in [-0.25, -0.2) is 0 Å². The summed E-state index contributed by atoms with van der Waals surface area (Å²) in [6, 6.07) is 5.76. The Morgan fingerprint density at radius 2 is 2.24 bits per heavy atom. The third-order valence-corrected chi connectivity index (χ3v) is 4.21. The van der Waals surface area contributed by atoms with Crippen molar-refractivity contribution < 1.29 is 9.53 Å². The number of hydrogen-bond acceptors (Lipinski definition) is 6. The van der Waals surface area contributed by atoms with E-state index in [2.05, 4.69) is 15.3 Å². The Labute approximate surface area is 147 Å². The molecule has 0 saturated carbocycles. The molecular weight excluding hydrogens is 320 g/mol. The zero-order valence-corrected chi connectivity index (χ0v) is 14.9. The molecule has 3 rings (SSSR count). The summed E-state index contributed by atoms with van der Waals surface area (Å²) < 4.78 is 7.66. The van der Waals surface area contributed by atoms with Gasteiger partial charge in [-0.1, -0.05) is 11.3 Å². The second kappa shape index (κ2) is 7.71. The summed E-state index contributed by atoms with van der Waals surface area (Å²) in [5, 5.41) is 8.34. The van der Waals surface area contributed by atoms with Crippen LogP contribution in [0.1, 0.15) is 23.0 Å². The number of ether oxygens (including phenoxy) is 1. The number of aryl methyl sites for hydroxylation is 1. The number of carbonyl (C=O) groups is 1. The van der Waals surface area contributed by atoms with Gasteiger partial charge >= 0.3 is 0 Å². The molecule has 3 heterocycles. The summed E-state index contributed by atoms with van der Waals surface area (Å²) in [4.78, 5) is 20.4. The highest BCUT2D eigenvalue weighted by molar-refractivity contribution is 5.78. The fourth-order valence-electron chi connectivity index (χ4n) is 3.10. The summed E-state index contributed by atoms with van der Waals surface area (Å²) >= 11 is 0. The summed E-state index contributed by atoms with van der Waals surface area (Å²) in [5.74, 6) is 0.148. The maximum atomic E-state index is 12.4. The first-order valence-corrected chi connectivity index (χ1v) is 8.33. The van der Waals surface area contributed by atoms with Crippen LogP contribution in [0.5, 0.6) is 0 Å². The number of pyridine rings is 1. The van der Waals surface area contributed by atoms with E-state index in [1.54, 1.807) is 10.9 Å². The van der Waals surface area contributed by atoms with E-state index in [0.29, 0.717) is 32.8 Å². The molecule has 1 aliphatic rings. The molecule has 0 radical (unpaired) electrons. The van der Waals surface area contributed by atoms with Gasteiger partial charge in [0.1, 0.15) is 5.69 Å².